The predicted octanol–water partition coefficient (Wildman–Crippen LogP) is 4.54. The molecule has 1 amide bonds. The first-order chi connectivity index (χ1) is 14.4. The van der Waals surface area contributed by atoms with Crippen molar-refractivity contribution in [3.63, 3.8) is 0 Å². The summed E-state index contributed by atoms with van der Waals surface area (Å²) in [4.78, 5) is 19.6. The summed E-state index contributed by atoms with van der Waals surface area (Å²) in [6, 6.07) is 11.4. The standard InChI is InChI=1S/C20H16F3N3O3S/c21-20(22,23)19-25-14-5-2-1-4-13(14)18(26-19)30-11-17(27)24-12-6-7-15-16(10-12)29-9-3-8-28-15/h1-2,4-7,10H,3,8-9,11H2,(H,24,27). The van der Waals surface area contributed by atoms with Crippen LogP contribution in [0.2, 0.25) is 0 Å². The van der Waals surface area contributed by atoms with E-state index in [0.717, 1.165) is 18.2 Å². The number of rotatable bonds is 4. The van der Waals surface area contributed by atoms with E-state index in [1.54, 1.807) is 36.4 Å². The van der Waals surface area contributed by atoms with Crippen molar-refractivity contribution in [2.75, 3.05) is 24.3 Å². The van der Waals surface area contributed by atoms with Crippen LogP contribution < -0.4 is 14.8 Å². The van der Waals surface area contributed by atoms with E-state index in [2.05, 4.69) is 15.3 Å². The molecule has 0 unspecified atom stereocenters. The van der Waals surface area contributed by atoms with Gasteiger partial charge in [-0.3, -0.25) is 4.79 Å². The highest BCUT2D eigenvalue weighted by Gasteiger charge is 2.35. The first-order valence-corrected chi connectivity index (χ1v) is 10.0. The third-order valence-corrected chi connectivity index (χ3v) is 5.18. The molecule has 0 saturated heterocycles. The molecule has 0 atom stereocenters. The lowest BCUT2D eigenvalue weighted by Crippen LogP contribution is -2.15. The number of aromatic nitrogens is 2. The summed E-state index contributed by atoms with van der Waals surface area (Å²) in [5.41, 5.74) is 0.680. The Balaban J connectivity index is 1.49. The van der Waals surface area contributed by atoms with Crippen LogP contribution in [0.4, 0.5) is 18.9 Å². The number of halogens is 3. The molecule has 3 aromatic rings. The Kier molecular flexibility index (Phi) is 5.67. The molecule has 1 N–H and O–H groups in total. The minimum atomic E-state index is -4.68. The summed E-state index contributed by atoms with van der Waals surface area (Å²) in [6.07, 6.45) is -3.91. The molecule has 30 heavy (non-hydrogen) atoms. The van der Waals surface area contributed by atoms with Gasteiger partial charge in [0.15, 0.2) is 11.5 Å². The largest absolute Gasteiger partial charge is 0.490 e. The van der Waals surface area contributed by atoms with Crippen LogP contribution in [0.1, 0.15) is 12.2 Å². The summed E-state index contributed by atoms with van der Waals surface area (Å²) in [5.74, 6) is -0.591. The average molecular weight is 435 g/mol. The molecule has 0 bridgehead atoms. The average Bonchev–Trinajstić information content (AvgIpc) is 2.96. The Morgan fingerprint density at radius 1 is 1.07 bits per heavy atom. The SMILES string of the molecule is O=C(CSc1nc(C(F)(F)F)nc2ccccc12)Nc1ccc2c(c1)OCCCO2. The van der Waals surface area contributed by atoms with Gasteiger partial charge in [0.1, 0.15) is 5.03 Å². The summed E-state index contributed by atoms with van der Waals surface area (Å²) >= 11 is 0.921. The van der Waals surface area contributed by atoms with Gasteiger partial charge in [-0.1, -0.05) is 30.0 Å². The third kappa shape index (κ3) is 4.59. The smallest absolute Gasteiger partial charge is 0.451 e. The van der Waals surface area contributed by atoms with E-state index in [4.69, 9.17) is 9.47 Å². The number of thioether (sulfide) groups is 1. The number of amides is 1. The maximum absolute atomic E-state index is 13.1. The van der Waals surface area contributed by atoms with Crippen LogP contribution in [-0.2, 0) is 11.0 Å². The molecule has 10 heteroatoms. The highest BCUT2D eigenvalue weighted by atomic mass is 32.2. The number of hydrogen-bond acceptors (Lipinski definition) is 6. The van der Waals surface area contributed by atoms with E-state index in [0.29, 0.717) is 35.8 Å². The normalized spacial score (nSPS) is 13.7. The van der Waals surface area contributed by atoms with Crippen molar-refractivity contribution in [3.05, 3.63) is 48.3 Å². The number of para-hydroxylation sites is 1. The Bertz CT molecular complexity index is 1090. The summed E-state index contributed by atoms with van der Waals surface area (Å²) < 4.78 is 50.5. The molecule has 0 aliphatic carbocycles. The maximum Gasteiger partial charge on any atom is 0.451 e. The van der Waals surface area contributed by atoms with E-state index < -0.39 is 12.0 Å². The lowest BCUT2D eigenvalue weighted by atomic mass is 10.2. The summed E-state index contributed by atoms with van der Waals surface area (Å²) in [7, 11) is 0. The predicted molar refractivity (Wildman–Crippen MR) is 106 cm³/mol. The van der Waals surface area contributed by atoms with Gasteiger partial charge in [-0.2, -0.15) is 13.2 Å². The quantitative estimate of drug-likeness (QED) is 0.479. The topological polar surface area (TPSA) is 73.3 Å². The van der Waals surface area contributed by atoms with Gasteiger partial charge in [0, 0.05) is 23.6 Å². The number of anilines is 1. The fourth-order valence-corrected chi connectivity index (χ4v) is 3.68. The Morgan fingerprint density at radius 3 is 2.63 bits per heavy atom. The Labute approximate surface area is 173 Å². The number of benzene rings is 2. The molecular formula is C20H16F3N3O3S. The molecule has 0 radical (unpaired) electrons. The summed E-state index contributed by atoms with van der Waals surface area (Å²) in [6.45, 7) is 1.07. The maximum atomic E-state index is 13.1. The molecular weight excluding hydrogens is 419 g/mol. The summed E-state index contributed by atoms with van der Waals surface area (Å²) in [5, 5.41) is 3.27. The number of hydrogen-bond donors (Lipinski definition) is 1. The van der Waals surface area contributed by atoms with Gasteiger partial charge >= 0.3 is 6.18 Å². The number of ether oxygens (including phenoxy) is 2. The van der Waals surface area contributed by atoms with E-state index in [1.165, 1.54) is 6.07 Å². The second-order valence-electron chi connectivity index (χ2n) is 6.42. The highest BCUT2D eigenvalue weighted by Crippen LogP contribution is 2.33. The molecule has 156 valence electrons. The van der Waals surface area contributed by atoms with Crippen molar-refractivity contribution in [3.8, 4) is 11.5 Å². The number of nitrogens with one attached hydrogen (secondary N) is 1. The lowest BCUT2D eigenvalue weighted by Gasteiger charge is -2.11. The third-order valence-electron chi connectivity index (χ3n) is 4.19. The second-order valence-corrected chi connectivity index (χ2v) is 7.38. The highest BCUT2D eigenvalue weighted by molar-refractivity contribution is 8.00. The van der Waals surface area contributed by atoms with Crippen molar-refractivity contribution >= 4 is 34.3 Å². The zero-order chi connectivity index (χ0) is 21.1. The molecule has 0 fully saturated rings. The van der Waals surface area contributed by atoms with Gasteiger partial charge in [0.05, 0.1) is 24.5 Å². The van der Waals surface area contributed by atoms with Crippen molar-refractivity contribution in [1.29, 1.82) is 0 Å². The number of carbonyl (C=O) groups excluding carboxylic acids is 1. The van der Waals surface area contributed by atoms with Crippen molar-refractivity contribution in [2.45, 2.75) is 17.6 Å². The second kappa shape index (κ2) is 8.39. The molecule has 0 spiro atoms. The zero-order valence-electron chi connectivity index (χ0n) is 15.5. The molecule has 2 heterocycles. The van der Waals surface area contributed by atoms with Crippen molar-refractivity contribution < 1.29 is 27.4 Å². The first-order valence-electron chi connectivity index (χ1n) is 9.06. The zero-order valence-corrected chi connectivity index (χ0v) is 16.3. The number of carbonyl (C=O) groups is 1. The van der Waals surface area contributed by atoms with Gasteiger partial charge < -0.3 is 14.8 Å². The van der Waals surface area contributed by atoms with Crippen molar-refractivity contribution in [1.82, 2.24) is 9.97 Å². The number of nitrogens with zero attached hydrogens (tertiary/aromatic N) is 2. The van der Waals surface area contributed by atoms with Crippen molar-refractivity contribution in [2.24, 2.45) is 0 Å². The van der Waals surface area contributed by atoms with Gasteiger partial charge in [-0.15, -0.1) is 0 Å². The van der Waals surface area contributed by atoms with E-state index in [1.807, 2.05) is 0 Å². The van der Waals surface area contributed by atoms with Crippen LogP contribution in [0.3, 0.4) is 0 Å². The fourth-order valence-electron chi connectivity index (χ4n) is 2.86. The molecule has 2 aromatic carbocycles. The van der Waals surface area contributed by atoms with Gasteiger partial charge in [0.25, 0.3) is 0 Å². The van der Waals surface area contributed by atoms with E-state index in [-0.39, 0.29) is 22.2 Å². The van der Waals surface area contributed by atoms with Crippen LogP contribution in [0.5, 0.6) is 11.5 Å². The number of fused-ring (bicyclic) bond motifs is 2. The first kappa shape index (κ1) is 20.3. The Hall–Kier alpha value is -3.01. The van der Waals surface area contributed by atoms with Crippen LogP contribution in [0.25, 0.3) is 10.9 Å². The molecule has 0 saturated carbocycles. The van der Waals surface area contributed by atoms with Crippen LogP contribution in [0, 0.1) is 0 Å². The molecule has 1 aromatic heterocycles. The monoisotopic (exact) mass is 435 g/mol. The fraction of sp³-hybridized carbons (Fsp3) is 0.250. The molecule has 6 nitrogen and oxygen atoms in total. The van der Waals surface area contributed by atoms with Gasteiger partial charge in [0.2, 0.25) is 11.7 Å². The molecule has 1 aliphatic heterocycles. The van der Waals surface area contributed by atoms with Crippen LogP contribution >= 0.6 is 11.8 Å². The van der Waals surface area contributed by atoms with E-state index >= 15 is 0 Å². The van der Waals surface area contributed by atoms with E-state index in [9.17, 15) is 18.0 Å². The molecule has 4 rings (SSSR count). The molecule has 1 aliphatic rings. The number of alkyl halides is 3. The Morgan fingerprint density at radius 2 is 1.83 bits per heavy atom. The van der Waals surface area contributed by atoms with Gasteiger partial charge in [-0.05, 0) is 18.2 Å². The van der Waals surface area contributed by atoms with Crippen LogP contribution in [-0.4, -0.2) is 34.8 Å². The lowest BCUT2D eigenvalue weighted by molar-refractivity contribution is -0.145. The van der Waals surface area contributed by atoms with Gasteiger partial charge in [-0.25, -0.2) is 9.97 Å². The minimum Gasteiger partial charge on any atom is -0.490 e. The minimum absolute atomic E-state index is 0.0988. The van der Waals surface area contributed by atoms with Crippen LogP contribution in [0.15, 0.2) is 47.5 Å².